The van der Waals surface area contributed by atoms with Crippen LogP contribution in [-0.2, 0) is 10.0 Å². The Bertz CT molecular complexity index is 986. The maximum atomic E-state index is 13.0. The Balaban J connectivity index is 1.77. The number of nitrogens with one attached hydrogen (secondary N) is 2. The maximum Gasteiger partial charge on any atom is 0.284 e. The molecule has 0 spiro atoms. The van der Waals surface area contributed by atoms with Crippen molar-refractivity contribution in [1.29, 1.82) is 0 Å². The molecule has 0 saturated carbocycles. The molecule has 2 aromatic carbocycles. The number of carbonyl (C=O) groups is 1. The van der Waals surface area contributed by atoms with Gasteiger partial charge in [-0.15, -0.1) is 4.83 Å². The van der Waals surface area contributed by atoms with Gasteiger partial charge in [0.2, 0.25) is 0 Å². The fourth-order valence-electron chi connectivity index (χ4n) is 2.11. The van der Waals surface area contributed by atoms with Gasteiger partial charge >= 0.3 is 0 Å². The third-order valence-corrected chi connectivity index (χ3v) is 4.59. The van der Waals surface area contributed by atoms with E-state index in [4.69, 9.17) is 0 Å². The number of nitrogens with zero attached hydrogens (tertiary/aromatic N) is 2. The third-order valence-electron chi connectivity index (χ3n) is 3.33. The lowest BCUT2D eigenvalue weighted by Gasteiger charge is -2.10. The lowest BCUT2D eigenvalue weighted by molar-refractivity contribution is 0.0938. The number of rotatable bonds is 5. The highest BCUT2D eigenvalue weighted by atomic mass is 32.2. The van der Waals surface area contributed by atoms with Crippen molar-refractivity contribution in [2.75, 3.05) is 0 Å². The molecule has 3 aromatic rings. The predicted octanol–water partition coefficient (Wildman–Crippen LogP) is 1.63. The second-order valence-corrected chi connectivity index (χ2v) is 6.68. The highest BCUT2D eigenvalue weighted by Gasteiger charge is 2.18. The summed E-state index contributed by atoms with van der Waals surface area (Å²) in [7, 11) is -3.89. The lowest BCUT2D eigenvalue weighted by Crippen LogP contribution is -2.42. The molecule has 0 aliphatic rings. The zero-order valence-electron chi connectivity index (χ0n) is 12.8. The molecule has 3 rings (SSSR count). The summed E-state index contributed by atoms with van der Waals surface area (Å²) in [6.07, 6.45) is 2.64. The van der Waals surface area contributed by atoms with Crippen molar-refractivity contribution >= 4 is 15.9 Å². The van der Waals surface area contributed by atoms with Crippen LogP contribution < -0.4 is 10.3 Å². The van der Waals surface area contributed by atoms with Crippen LogP contribution in [0.25, 0.3) is 5.69 Å². The molecule has 1 heterocycles. The number of hydrazine groups is 1. The van der Waals surface area contributed by atoms with Crippen LogP contribution in [0.2, 0.25) is 0 Å². The fourth-order valence-corrected chi connectivity index (χ4v) is 2.97. The molecule has 0 unspecified atom stereocenters. The number of carbonyl (C=O) groups excluding carboxylic acids is 1. The number of amides is 1. The lowest BCUT2D eigenvalue weighted by atomic mass is 10.3. The van der Waals surface area contributed by atoms with Gasteiger partial charge in [0.25, 0.3) is 15.9 Å². The highest BCUT2D eigenvalue weighted by molar-refractivity contribution is 7.89. The summed E-state index contributed by atoms with van der Waals surface area (Å²) in [6, 6.07) is 13.1. The average molecular weight is 360 g/mol. The molecule has 9 heteroatoms. The number of hydrogen-bond acceptors (Lipinski definition) is 4. The summed E-state index contributed by atoms with van der Waals surface area (Å²) in [5, 5.41) is 0. The van der Waals surface area contributed by atoms with Crippen molar-refractivity contribution in [1.82, 2.24) is 19.8 Å². The van der Waals surface area contributed by atoms with Gasteiger partial charge in [-0.25, -0.2) is 17.8 Å². The van der Waals surface area contributed by atoms with Crippen molar-refractivity contribution in [3.8, 4) is 5.69 Å². The van der Waals surface area contributed by atoms with Crippen LogP contribution in [0.1, 0.15) is 10.5 Å². The van der Waals surface area contributed by atoms with E-state index in [1.807, 2.05) is 4.83 Å². The summed E-state index contributed by atoms with van der Waals surface area (Å²) < 4.78 is 38.6. The van der Waals surface area contributed by atoms with Gasteiger partial charge < -0.3 is 0 Å². The van der Waals surface area contributed by atoms with E-state index in [0.29, 0.717) is 5.69 Å². The SMILES string of the molecule is O=C(NNS(=O)(=O)c1ccccc1)c1cncn1-c1ccc(F)cc1. The molecule has 1 aromatic heterocycles. The molecule has 128 valence electrons. The van der Waals surface area contributed by atoms with E-state index in [0.717, 1.165) is 0 Å². The topological polar surface area (TPSA) is 93.1 Å². The predicted molar refractivity (Wildman–Crippen MR) is 87.8 cm³/mol. The van der Waals surface area contributed by atoms with Gasteiger partial charge in [0.05, 0.1) is 17.4 Å². The van der Waals surface area contributed by atoms with Crippen LogP contribution in [0.15, 0.2) is 72.0 Å². The van der Waals surface area contributed by atoms with Crippen molar-refractivity contribution in [3.05, 3.63) is 78.6 Å². The van der Waals surface area contributed by atoms with Crippen molar-refractivity contribution in [3.63, 3.8) is 0 Å². The van der Waals surface area contributed by atoms with E-state index in [1.54, 1.807) is 18.2 Å². The minimum Gasteiger partial charge on any atom is -0.295 e. The van der Waals surface area contributed by atoms with E-state index >= 15 is 0 Å². The van der Waals surface area contributed by atoms with Gasteiger partial charge in [0, 0.05) is 5.69 Å². The minimum atomic E-state index is -3.89. The standard InChI is InChI=1S/C16H13FN4O3S/c17-12-6-8-13(9-7-12)21-11-18-10-15(21)16(22)19-20-25(23,24)14-4-2-1-3-5-14/h1-11,20H,(H,19,22). The Labute approximate surface area is 143 Å². The van der Waals surface area contributed by atoms with Crippen molar-refractivity contribution < 1.29 is 17.6 Å². The normalized spacial score (nSPS) is 11.2. The molecule has 1 amide bonds. The summed E-state index contributed by atoms with van der Waals surface area (Å²) >= 11 is 0. The summed E-state index contributed by atoms with van der Waals surface area (Å²) in [5.41, 5.74) is 2.73. The molecule has 0 radical (unpaired) electrons. The van der Waals surface area contributed by atoms with Gasteiger partial charge in [0.1, 0.15) is 11.5 Å². The fraction of sp³-hybridized carbons (Fsp3) is 0. The molecule has 0 atom stereocenters. The Hall–Kier alpha value is -3.04. The molecule has 0 aliphatic carbocycles. The first-order valence-electron chi connectivity index (χ1n) is 7.13. The Kier molecular flexibility index (Phi) is 4.59. The Morgan fingerprint density at radius 3 is 2.40 bits per heavy atom. The van der Waals surface area contributed by atoms with Crippen LogP contribution in [0.3, 0.4) is 0 Å². The first kappa shape index (κ1) is 16.8. The number of halogens is 1. The number of benzene rings is 2. The largest absolute Gasteiger partial charge is 0.295 e. The van der Waals surface area contributed by atoms with Gasteiger partial charge in [-0.2, -0.15) is 0 Å². The monoisotopic (exact) mass is 360 g/mol. The molecule has 0 bridgehead atoms. The number of aromatic nitrogens is 2. The van der Waals surface area contributed by atoms with Crippen LogP contribution in [0.5, 0.6) is 0 Å². The zero-order valence-corrected chi connectivity index (χ0v) is 13.6. The Morgan fingerprint density at radius 1 is 1.04 bits per heavy atom. The molecule has 25 heavy (non-hydrogen) atoms. The third kappa shape index (κ3) is 3.73. The van der Waals surface area contributed by atoms with E-state index < -0.39 is 21.7 Å². The van der Waals surface area contributed by atoms with Crippen LogP contribution >= 0.6 is 0 Å². The zero-order chi connectivity index (χ0) is 17.9. The molecule has 0 aliphatic heterocycles. The van der Waals surface area contributed by atoms with Crippen molar-refractivity contribution in [2.24, 2.45) is 0 Å². The quantitative estimate of drug-likeness (QED) is 0.677. The van der Waals surface area contributed by atoms with Gasteiger partial charge in [-0.1, -0.05) is 18.2 Å². The molecule has 2 N–H and O–H groups in total. The molecular weight excluding hydrogens is 347 g/mol. The second kappa shape index (κ2) is 6.83. The Morgan fingerprint density at radius 2 is 1.72 bits per heavy atom. The van der Waals surface area contributed by atoms with E-state index in [-0.39, 0.29) is 10.6 Å². The molecule has 7 nitrogen and oxygen atoms in total. The van der Waals surface area contributed by atoms with E-state index in [2.05, 4.69) is 10.4 Å². The number of hydrogen-bond donors (Lipinski definition) is 2. The number of sulfonamides is 1. The molecular formula is C16H13FN4O3S. The van der Waals surface area contributed by atoms with Gasteiger partial charge in [-0.05, 0) is 36.4 Å². The maximum absolute atomic E-state index is 13.0. The number of imidazole rings is 1. The summed E-state index contributed by atoms with van der Waals surface area (Å²) in [6.45, 7) is 0. The minimum absolute atomic E-state index is 0.0161. The first-order valence-corrected chi connectivity index (χ1v) is 8.61. The van der Waals surface area contributed by atoms with Gasteiger partial charge in [-0.3, -0.25) is 14.8 Å². The van der Waals surface area contributed by atoms with Crippen LogP contribution in [-0.4, -0.2) is 23.9 Å². The second-order valence-electron chi connectivity index (χ2n) is 5.00. The molecule has 0 fully saturated rings. The van der Waals surface area contributed by atoms with E-state index in [1.165, 1.54) is 53.5 Å². The van der Waals surface area contributed by atoms with Gasteiger partial charge in [0.15, 0.2) is 0 Å². The average Bonchev–Trinajstić information content (AvgIpc) is 3.11. The smallest absolute Gasteiger partial charge is 0.284 e. The highest BCUT2D eigenvalue weighted by Crippen LogP contribution is 2.12. The van der Waals surface area contributed by atoms with Crippen molar-refractivity contribution in [2.45, 2.75) is 4.90 Å². The van der Waals surface area contributed by atoms with Crippen LogP contribution in [0.4, 0.5) is 4.39 Å². The first-order chi connectivity index (χ1) is 12.0. The van der Waals surface area contributed by atoms with E-state index in [9.17, 15) is 17.6 Å². The summed E-state index contributed by atoms with van der Waals surface area (Å²) in [4.78, 5) is 18.2. The van der Waals surface area contributed by atoms with Crippen LogP contribution in [0, 0.1) is 5.82 Å². The summed E-state index contributed by atoms with van der Waals surface area (Å²) in [5.74, 6) is -1.12. The molecule has 0 saturated heterocycles.